The van der Waals surface area contributed by atoms with Gasteiger partial charge in [-0.2, -0.15) is 0 Å². The van der Waals surface area contributed by atoms with Gasteiger partial charge < -0.3 is 5.32 Å². The number of benzene rings is 2. The van der Waals surface area contributed by atoms with Crippen LogP contribution in [0.15, 0.2) is 30.3 Å². The molecule has 0 aliphatic heterocycles. The van der Waals surface area contributed by atoms with Crippen LogP contribution in [0.1, 0.15) is 16.7 Å². The summed E-state index contributed by atoms with van der Waals surface area (Å²) in [6, 6.07) is 9.22. The van der Waals surface area contributed by atoms with Crippen molar-refractivity contribution in [2.24, 2.45) is 0 Å². The van der Waals surface area contributed by atoms with Gasteiger partial charge >= 0.3 is 0 Å². The molecule has 2 aromatic rings. The highest BCUT2D eigenvalue weighted by Gasteiger charge is 2.08. The third-order valence-corrected chi connectivity index (χ3v) is 3.64. The van der Waals surface area contributed by atoms with E-state index < -0.39 is 0 Å². The van der Waals surface area contributed by atoms with Crippen molar-refractivity contribution in [3.05, 3.63) is 57.9 Å². The molecule has 2 aromatic carbocycles. The highest BCUT2D eigenvalue weighted by atomic mass is 35.5. The van der Waals surface area contributed by atoms with Crippen LogP contribution in [0.4, 0.5) is 4.39 Å². The summed E-state index contributed by atoms with van der Waals surface area (Å²) in [6.07, 6.45) is 0. The average Bonchev–Trinajstić information content (AvgIpc) is 2.37. The van der Waals surface area contributed by atoms with E-state index >= 15 is 0 Å². The lowest BCUT2D eigenvalue weighted by atomic mass is 9.97. The van der Waals surface area contributed by atoms with Crippen molar-refractivity contribution in [2.45, 2.75) is 20.4 Å². The minimum absolute atomic E-state index is 0.179. The van der Waals surface area contributed by atoms with Crippen LogP contribution in [0.25, 0.3) is 11.1 Å². The highest BCUT2D eigenvalue weighted by Crippen LogP contribution is 2.29. The van der Waals surface area contributed by atoms with Gasteiger partial charge in [-0.3, -0.25) is 0 Å². The Labute approximate surface area is 118 Å². The van der Waals surface area contributed by atoms with Gasteiger partial charge in [-0.1, -0.05) is 17.7 Å². The molecule has 0 aromatic heterocycles. The van der Waals surface area contributed by atoms with Gasteiger partial charge in [0.15, 0.2) is 0 Å². The van der Waals surface area contributed by atoms with Gasteiger partial charge in [-0.15, -0.1) is 0 Å². The predicted octanol–water partition coefficient (Wildman–Crippen LogP) is 4.48. The Morgan fingerprint density at radius 2 is 1.84 bits per heavy atom. The first-order valence-electron chi connectivity index (χ1n) is 6.23. The predicted molar refractivity (Wildman–Crippen MR) is 79.1 cm³/mol. The van der Waals surface area contributed by atoms with Gasteiger partial charge in [-0.25, -0.2) is 4.39 Å². The fourth-order valence-corrected chi connectivity index (χ4v) is 2.38. The van der Waals surface area contributed by atoms with Crippen molar-refractivity contribution < 1.29 is 4.39 Å². The van der Waals surface area contributed by atoms with Crippen molar-refractivity contribution in [1.29, 1.82) is 0 Å². The molecule has 0 amide bonds. The second-order valence-corrected chi connectivity index (χ2v) is 5.16. The van der Waals surface area contributed by atoms with Crippen molar-refractivity contribution in [3.8, 4) is 11.1 Å². The minimum Gasteiger partial charge on any atom is -0.316 e. The molecule has 1 nitrogen and oxygen atoms in total. The quantitative estimate of drug-likeness (QED) is 0.872. The Morgan fingerprint density at radius 3 is 2.53 bits per heavy atom. The summed E-state index contributed by atoms with van der Waals surface area (Å²) in [6.45, 7) is 4.51. The van der Waals surface area contributed by atoms with Crippen LogP contribution in [0.5, 0.6) is 0 Å². The first-order chi connectivity index (χ1) is 9.02. The van der Waals surface area contributed by atoms with Crippen LogP contribution in [-0.2, 0) is 6.54 Å². The molecule has 2 rings (SSSR count). The van der Waals surface area contributed by atoms with Crippen molar-refractivity contribution in [1.82, 2.24) is 5.32 Å². The van der Waals surface area contributed by atoms with E-state index in [-0.39, 0.29) is 5.82 Å². The zero-order valence-electron chi connectivity index (χ0n) is 11.3. The Balaban J connectivity index is 2.53. The maximum Gasteiger partial charge on any atom is 0.127 e. The van der Waals surface area contributed by atoms with E-state index in [2.05, 4.69) is 5.32 Å². The molecule has 0 atom stereocenters. The van der Waals surface area contributed by atoms with Gasteiger partial charge in [0, 0.05) is 17.1 Å². The minimum atomic E-state index is -0.179. The van der Waals surface area contributed by atoms with E-state index in [1.807, 2.05) is 45.2 Å². The topological polar surface area (TPSA) is 12.0 Å². The Morgan fingerprint density at radius 1 is 1.11 bits per heavy atom. The molecule has 19 heavy (non-hydrogen) atoms. The summed E-state index contributed by atoms with van der Waals surface area (Å²) < 4.78 is 13.7. The zero-order chi connectivity index (χ0) is 14.0. The van der Waals surface area contributed by atoms with Crippen molar-refractivity contribution in [2.75, 3.05) is 7.05 Å². The molecule has 100 valence electrons. The number of nitrogens with one attached hydrogen (secondary N) is 1. The molecular weight excluding hydrogens is 261 g/mol. The second kappa shape index (κ2) is 5.72. The second-order valence-electron chi connectivity index (χ2n) is 4.75. The largest absolute Gasteiger partial charge is 0.316 e. The molecule has 0 radical (unpaired) electrons. The first kappa shape index (κ1) is 14.0. The van der Waals surface area contributed by atoms with Gasteiger partial charge in [0.1, 0.15) is 5.82 Å². The van der Waals surface area contributed by atoms with Gasteiger partial charge in [0.2, 0.25) is 0 Å². The molecule has 0 spiro atoms. The Hall–Kier alpha value is -1.38. The maximum atomic E-state index is 13.7. The molecule has 0 aliphatic rings. The van der Waals surface area contributed by atoms with E-state index in [0.29, 0.717) is 12.1 Å². The van der Waals surface area contributed by atoms with Crippen LogP contribution < -0.4 is 5.32 Å². The number of aryl methyl sites for hydroxylation is 2. The lowest BCUT2D eigenvalue weighted by molar-refractivity contribution is 0.601. The number of rotatable bonds is 3. The molecule has 0 heterocycles. The van der Waals surface area contributed by atoms with Crippen LogP contribution in [0.3, 0.4) is 0 Å². The van der Waals surface area contributed by atoms with Gasteiger partial charge in [0.05, 0.1) is 0 Å². The average molecular weight is 278 g/mol. The molecular formula is C16H17ClFN. The van der Waals surface area contributed by atoms with Crippen LogP contribution in [-0.4, -0.2) is 7.05 Å². The lowest BCUT2D eigenvalue weighted by Gasteiger charge is -2.11. The fourth-order valence-electron chi connectivity index (χ4n) is 2.16. The number of halogens is 2. The third-order valence-electron chi connectivity index (χ3n) is 3.23. The standard InChI is InChI=1S/C16H17ClFN/c1-10-7-15(17)11(2)6-14(10)12-4-5-16(18)13(8-12)9-19-3/h4-8,19H,9H2,1-3H3. The summed E-state index contributed by atoms with van der Waals surface area (Å²) in [4.78, 5) is 0. The summed E-state index contributed by atoms with van der Waals surface area (Å²) in [5.74, 6) is -0.179. The molecule has 0 saturated heterocycles. The van der Waals surface area contributed by atoms with E-state index in [9.17, 15) is 4.39 Å². The molecule has 0 aliphatic carbocycles. The zero-order valence-corrected chi connectivity index (χ0v) is 12.1. The fraction of sp³-hybridized carbons (Fsp3) is 0.250. The third kappa shape index (κ3) is 2.96. The van der Waals surface area contributed by atoms with Gasteiger partial charge in [0.25, 0.3) is 0 Å². The number of hydrogen-bond acceptors (Lipinski definition) is 1. The van der Waals surface area contributed by atoms with Crippen molar-refractivity contribution >= 4 is 11.6 Å². The summed E-state index contributed by atoms with van der Waals surface area (Å²) in [5, 5.41) is 3.74. The SMILES string of the molecule is CNCc1cc(-c2cc(C)c(Cl)cc2C)ccc1F. The normalized spacial score (nSPS) is 10.8. The molecule has 0 unspecified atom stereocenters. The van der Waals surface area contributed by atoms with E-state index in [0.717, 1.165) is 27.3 Å². The smallest absolute Gasteiger partial charge is 0.127 e. The molecule has 0 saturated carbocycles. The Bertz CT molecular complexity index is 608. The van der Waals surface area contributed by atoms with E-state index in [1.165, 1.54) is 6.07 Å². The maximum absolute atomic E-state index is 13.7. The van der Waals surface area contributed by atoms with Crippen LogP contribution >= 0.6 is 11.6 Å². The summed E-state index contributed by atoms with van der Waals surface area (Å²) >= 11 is 6.11. The van der Waals surface area contributed by atoms with E-state index in [4.69, 9.17) is 11.6 Å². The summed E-state index contributed by atoms with van der Waals surface area (Å²) in [5.41, 5.74) is 4.91. The lowest BCUT2D eigenvalue weighted by Crippen LogP contribution is -2.07. The molecule has 1 N–H and O–H groups in total. The van der Waals surface area contributed by atoms with Crippen molar-refractivity contribution in [3.63, 3.8) is 0 Å². The van der Waals surface area contributed by atoms with E-state index in [1.54, 1.807) is 0 Å². The monoisotopic (exact) mass is 277 g/mol. The Kier molecular flexibility index (Phi) is 4.23. The van der Waals surface area contributed by atoms with Crippen LogP contribution in [0.2, 0.25) is 5.02 Å². The number of hydrogen-bond donors (Lipinski definition) is 1. The van der Waals surface area contributed by atoms with Crippen LogP contribution in [0, 0.1) is 19.7 Å². The highest BCUT2D eigenvalue weighted by molar-refractivity contribution is 6.31. The molecule has 0 bridgehead atoms. The van der Waals surface area contributed by atoms with Gasteiger partial charge in [-0.05, 0) is 67.4 Å². The molecule has 3 heteroatoms. The summed E-state index contributed by atoms with van der Waals surface area (Å²) in [7, 11) is 1.81. The first-order valence-corrected chi connectivity index (χ1v) is 6.61. The molecule has 0 fully saturated rings.